The first-order chi connectivity index (χ1) is 19.0. The number of carboxylic acids is 1. The first-order valence-electron chi connectivity index (χ1n) is 13.5. The molecule has 0 saturated carbocycles. The number of carbonyl (C=O) groups excluding carboxylic acids is 1. The fourth-order valence-electron chi connectivity index (χ4n) is 4.75. The molecule has 3 rings (SSSR count). The van der Waals surface area contributed by atoms with Crippen LogP contribution in [0.25, 0.3) is 0 Å². The van der Waals surface area contributed by atoms with Crippen molar-refractivity contribution in [3.8, 4) is 5.75 Å². The largest absolute Gasteiger partial charge is 0.491 e. The summed E-state index contributed by atoms with van der Waals surface area (Å²) in [5.74, 6) is -1.28. The minimum atomic E-state index is -1.73. The van der Waals surface area contributed by atoms with Crippen LogP contribution in [0.15, 0.2) is 84.9 Å². The zero-order valence-electron chi connectivity index (χ0n) is 22.8. The van der Waals surface area contributed by atoms with E-state index in [1.807, 2.05) is 61.5 Å². The van der Waals surface area contributed by atoms with E-state index in [-0.39, 0.29) is 25.5 Å². The van der Waals surface area contributed by atoms with Crippen molar-refractivity contribution in [3.05, 3.63) is 102 Å². The van der Waals surface area contributed by atoms with Crippen molar-refractivity contribution in [2.75, 3.05) is 39.5 Å². The van der Waals surface area contributed by atoms with Gasteiger partial charge in [0.15, 0.2) is 5.41 Å². The minimum Gasteiger partial charge on any atom is -0.491 e. The molecule has 0 aliphatic rings. The van der Waals surface area contributed by atoms with E-state index in [2.05, 4.69) is 0 Å². The Bertz CT molecular complexity index is 1150. The number of carbonyl (C=O) groups is 2. The number of rotatable bonds is 16. The molecule has 0 spiro atoms. The number of aliphatic hydroxyl groups is 1. The Balaban J connectivity index is 1.86. The third-order valence-corrected chi connectivity index (χ3v) is 7.04. The Hall–Kier alpha value is -3.68. The summed E-state index contributed by atoms with van der Waals surface area (Å²) in [6.07, 6.45) is 0.622. The maximum absolute atomic E-state index is 14.2. The van der Waals surface area contributed by atoms with Crippen LogP contribution in [0.4, 0.5) is 0 Å². The second kappa shape index (κ2) is 15.0. The van der Waals surface area contributed by atoms with Gasteiger partial charge >= 0.3 is 5.97 Å². The van der Waals surface area contributed by atoms with E-state index in [0.717, 1.165) is 16.9 Å². The first kappa shape index (κ1) is 29.9. The Morgan fingerprint density at radius 1 is 0.897 bits per heavy atom. The molecule has 2 atom stereocenters. The molecule has 0 aromatic heterocycles. The van der Waals surface area contributed by atoms with Crippen molar-refractivity contribution in [2.24, 2.45) is 0 Å². The van der Waals surface area contributed by atoms with Crippen LogP contribution in [0.3, 0.4) is 0 Å². The Morgan fingerprint density at radius 3 is 2.10 bits per heavy atom. The molecule has 7 nitrogen and oxygen atoms in total. The van der Waals surface area contributed by atoms with Crippen LogP contribution in [0.1, 0.15) is 42.9 Å². The quantitative estimate of drug-likeness (QED) is 0.205. The molecule has 3 aromatic rings. The third-order valence-electron chi connectivity index (χ3n) is 7.04. The molecule has 0 aliphatic carbocycles. The van der Waals surface area contributed by atoms with Crippen LogP contribution in [0.5, 0.6) is 5.75 Å². The SMILES string of the molecule is CCOCCOc1ccc(CCN(CC(CO)c2ccccc2)C(=O)C(CC)(C(=O)O)c2ccccc2)cc1. The number of nitrogens with zero attached hydrogens (tertiary/aromatic N) is 1. The smallest absolute Gasteiger partial charge is 0.323 e. The van der Waals surface area contributed by atoms with Gasteiger partial charge in [-0.05, 0) is 48.6 Å². The topological polar surface area (TPSA) is 96.3 Å². The van der Waals surface area contributed by atoms with Crippen molar-refractivity contribution in [2.45, 2.75) is 38.0 Å². The van der Waals surface area contributed by atoms with Crippen LogP contribution in [0, 0.1) is 0 Å². The van der Waals surface area contributed by atoms with Crippen LogP contribution in [-0.2, 0) is 26.2 Å². The standard InChI is InChI=1S/C32H39NO6/c1-3-32(31(36)37,28-13-9-6-10-14-28)30(35)33(23-27(24-34)26-11-7-5-8-12-26)20-19-25-15-17-29(18-16-25)39-22-21-38-4-2/h5-18,27,34H,3-4,19-24H2,1-2H3,(H,36,37). The zero-order chi connectivity index (χ0) is 28.1. The van der Waals surface area contributed by atoms with E-state index >= 15 is 0 Å². The fourth-order valence-corrected chi connectivity index (χ4v) is 4.75. The van der Waals surface area contributed by atoms with Gasteiger partial charge in [0.2, 0.25) is 5.91 Å². The molecule has 0 aliphatic heterocycles. The van der Waals surface area contributed by atoms with E-state index in [1.165, 1.54) is 0 Å². The van der Waals surface area contributed by atoms with E-state index < -0.39 is 17.3 Å². The highest BCUT2D eigenvalue weighted by molar-refractivity contribution is 6.08. The van der Waals surface area contributed by atoms with Gasteiger partial charge in [0.25, 0.3) is 0 Å². The van der Waals surface area contributed by atoms with Gasteiger partial charge in [-0.2, -0.15) is 0 Å². The van der Waals surface area contributed by atoms with Gasteiger partial charge in [0.1, 0.15) is 12.4 Å². The second-order valence-electron chi connectivity index (χ2n) is 9.41. The van der Waals surface area contributed by atoms with Crippen molar-refractivity contribution in [1.29, 1.82) is 0 Å². The van der Waals surface area contributed by atoms with Crippen LogP contribution in [-0.4, -0.2) is 66.5 Å². The number of aliphatic hydroxyl groups excluding tert-OH is 1. The van der Waals surface area contributed by atoms with Crippen LogP contribution in [0.2, 0.25) is 0 Å². The van der Waals surface area contributed by atoms with Gasteiger partial charge in [-0.15, -0.1) is 0 Å². The molecule has 1 amide bonds. The van der Waals surface area contributed by atoms with Crippen LogP contribution >= 0.6 is 0 Å². The molecule has 208 valence electrons. The fraction of sp³-hybridized carbons (Fsp3) is 0.375. The van der Waals surface area contributed by atoms with Gasteiger partial charge in [0.05, 0.1) is 13.2 Å². The summed E-state index contributed by atoms with van der Waals surface area (Å²) < 4.78 is 11.0. The number of carboxylic acid groups (broad SMARTS) is 1. The summed E-state index contributed by atoms with van der Waals surface area (Å²) in [6.45, 7) is 5.62. The van der Waals surface area contributed by atoms with Crippen molar-refractivity contribution >= 4 is 11.9 Å². The molecule has 2 N–H and O–H groups in total. The normalized spacial score (nSPS) is 13.3. The van der Waals surface area contributed by atoms with E-state index in [9.17, 15) is 19.8 Å². The van der Waals surface area contributed by atoms with Gasteiger partial charge in [-0.1, -0.05) is 79.7 Å². The maximum Gasteiger partial charge on any atom is 0.323 e. The summed E-state index contributed by atoms with van der Waals surface area (Å²) in [7, 11) is 0. The Labute approximate surface area is 231 Å². The number of hydrogen-bond donors (Lipinski definition) is 2. The number of aliphatic carboxylic acids is 1. The van der Waals surface area contributed by atoms with Crippen molar-refractivity contribution in [1.82, 2.24) is 4.90 Å². The molecule has 0 radical (unpaired) electrons. The van der Waals surface area contributed by atoms with Crippen molar-refractivity contribution < 1.29 is 29.3 Å². The Morgan fingerprint density at radius 2 is 1.54 bits per heavy atom. The molecule has 2 unspecified atom stereocenters. The highest BCUT2D eigenvalue weighted by atomic mass is 16.5. The summed E-state index contributed by atoms with van der Waals surface area (Å²) in [5.41, 5.74) is 0.602. The number of hydrogen-bond acceptors (Lipinski definition) is 5. The maximum atomic E-state index is 14.2. The monoisotopic (exact) mass is 533 g/mol. The summed E-state index contributed by atoms with van der Waals surface area (Å²) in [4.78, 5) is 28.5. The first-order valence-corrected chi connectivity index (χ1v) is 13.5. The van der Waals surface area contributed by atoms with Crippen molar-refractivity contribution in [3.63, 3.8) is 0 Å². The molecule has 7 heteroatoms. The van der Waals surface area contributed by atoms with E-state index in [1.54, 1.807) is 42.2 Å². The second-order valence-corrected chi connectivity index (χ2v) is 9.41. The highest BCUT2D eigenvalue weighted by Gasteiger charge is 2.48. The Kier molecular flexibility index (Phi) is 11.5. The summed E-state index contributed by atoms with van der Waals surface area (Å²) in [6, 6.07) is 25.8. The lowest BCUT2D eigenvalue weighted by Gasteiger charge is -2.36. The van der Waals surface area contributed by atoms with E-state index in [4.69, 9.17) is 9.47 Å². The molecular formula is C32H39NO6. The number of amides is 1. The zero-order valence-corrected chi connectivity index (χ0v) is 22.8. The molecule has 0 heterocycles. The third kappa shape index (κ3) is 7.68. The van der Waals surface area contributed by atoms with Crippen LogP contribution < -0.4 is 4.74 Å². The molecule has 3 aromatic carbocycles. The molecule has 0 bridgehead atoms. The van der Waals surface area contributed by atoms with Gasteiger partial charge in [-0.3, -0.25) is 9.59 Å². The average Bonchev–Trinajstić information content (AvgIpc) is 2.97. The van der Waals surface area contributed by atoms with Gasteiger partial charge < -0.3 is 24.6 Å². The summed E-state index contributed by atoms with van der Waals surface area (Å²) in [5, 5.41) is 20.6. The predicted octanol–water partition coefficient (Wildman–Crippen LogP) is 4.68. The van der Waals surface area contributed by atoms with Gasteiger partial charge in [0, 0.05) is 25.6 Å². The molecule has 0 saturated heterocycles. The molecular weight excluding hydrogens is 494 g/mol. The van der Waals surface area contributed by atoms with E-state index in [0.29, 0.717) is 38.3 Å². The average molecular weight is 534 g/mol. The van der Waals surface area contributed by atoms with Gasteiger partial charge in [-0.25, -0.2) is 0 Å². The lowest BCUT2D eigenvalue weighted by atomic mass is 9.76. The lowest BCUT2D eigenvalue weighted by Crippen LogP contribution is -2.53. The highest BCUT2D eigenvalue weighted by Crippen LogP contribution is 2.32. The number of benzene rings is 3. The lowest BCUT2D eigenvalue weighted by molar-refractivity contribution is -0.154. The number of ether oxygens (including phenoxy) is 2. The summed E-state index contributed by atoms with van der Waals surface area (Å²) >= 11 is 0. The predicted molar refractivity (Wildman–Crippen MR) is 151 cm³/mol. The molecule has 39 heavy (non-hydrogen) atoms. The minimum absolute atomic E-state index is 0.102. The molecule has 0 fully saturated rings.